The predicted octanol–water partition coefficient (Wildman–Crippen LogP) is 1.57. The molecule has 1 aliphatic heterocycles. The summed E-state index contributed by atoms with van der Waals surface area (Å²) >= 11 is 0. The van der Waals surface area contributed by atoms with E-state index in [1.165, 1.54) is 17.4 Å². The van der Waals surface area contributed by atoms with Crippen molar-refractivity contribution in [3.05, 3.63) is 23.8 Å². The Morgan fingerprint density at radius 1 is 1.27 bits per heavy atom. The number of nitrogens with zero attached hydrogens (tertiary/aromatic N) is 3. The van der Waals surface area contributed by atoms with Gasteiger partial charge in [-0.2, -0.15) is 9.41 Å². The van der Waals surface area contributed by atoms with Gasteiger partial charge in [-0.05, 0) is 24.6 Å². The number of hydrogen-bond donors (Lipinski definition) is 1. The lowest BCUT2D eigenvalue weighted by Crippen LogP contribution is -2.34. The normalized spacial score (nSPS) is 15.2. The van der Waals surface area contributed by atoms with Crippen LogP contribution in [0.2, 0.25) is 0 Å². The Bertz CT molecular complexity index is 844. The smallest absolute Gasteiger partial charge is 0.271 e. The highest BCUT2D eigenvalue weighted by Crippen LogP contribution is 2.24. The fraction of sp³-hybridized carbons (Fsp3) is 0.471. The van der Waals surface area contributed by atoms with Crippen LogP contribution in [0.1, 0.15) is 32.3 Å². The molecule has 0 atom stereocenters. The van der Waals surface area contributed by atoms with E-state index in [2.05, 4.69) is 10.4 Å². The van der Waals surface area contributed by atoms with Crippen molar-refractivity contribution >= 4 is 33.2 Å². The molecule has 1 heterocycles. The van der Waals surface area contributed by atoms with Crippen LogP contribution in [0.4, 0.5) is 5.69 Å². The molecule has 1 N–H and O–H groups in total. The molecule has 9 heteroatoms. The van der Waals surface area contributed by atoms with Crippen LogP contribution in [-0.4, -0.2) is 55.4 Å². The summed E-state index contributed by atoms with van der Waals surface area (Å²) in [6, 6.07) is 4.76. The van der Waals surface area contributed by atoms with E-state index in [9.17, 15) is 18.0 Å². The maximum Gasteiger partial charge on any atom is 0.271 e. The third kappa shape index (κ3) is 4.10. The molecule has 0 aliphatic carbocycles. The molecule has 0 fully saturated rings. The molecular weight excluding hydrogens is 356 g/mol. The molecule has 2 rings (SSSR count). The zero-order valence-electron chi connectivity index (χ0n) is 15.4. The summed E-state index contributed by atoms with van der Waals surface area (Å²) in [5, 5.41) is 7.78. The van der Waals surface area contributed by atoms with E-state index >= 15 is 0 Å². The summed E-state index contributed by atoms with van der Waals surface area (Å²) in [4.78, 5) is 24.0. The van der Waals surface area contributed by atoms with Gasteiger partial charge in [-0.15, -0.1) is 0 Å². The minimum atomic E-state index is -3.63. The lowest BCUT2D eigenvalue weighted by atomic mass is 10.1. The van der Waals surface area contributed by atoms with Crippen molar-refractivity contribution in [2.24, 2.45) is 5.10 Å². The summed E-state index contributed by atoms with van der Waals surface area (Å²) < 4.78 is 26.9. The summed E-state index contributed by atoms with van der Waals surface area (Å²) in [6.07, 6.45) is 0.476. The zero-order chi connectivity index (χ0) is 19.5. The molecule has 8 nitrogen and oxygen atoms in total. The highest BCUT2D eigenvalue weighted by atomic mass is 32.2. The van der Waals surface area contributed by atoms with Crippen LogP contribution in [0.3, 0.4) is 0 Å². The van der Waals surface area contributed by atoms with Gasteiger partial charge in [0.2, 0.25) is 15.9 Å². The zero-order valence-corrected chi connectivity index (χ0v) is 16.3. The largest absolute Gasteiger partial charge is 0.321 e. The SMILES string of the molecule is CCN(CC)S(=O)(=O)c1cc(NC(=O)C2=NN(C)C(=O)CC2)ccc1C. The molecule has 1 aromatic carbocycles. The Kier molecular flexibility index (Phi) is 6.14. The second-order valence-electron chi connectivity index (χ2n) is 5.99. The first kappa shape index (κ1) is 20.1. The van der Waals surface area contributed by atoms with Crippen molar-refractivity contribution in [3.63, 3.8) is 0 Å². The fourth-order valence-electron chi connectivity index (χ4n) is 2.69. The summed E-state index contributed by atoms with van der Waals surface area (Å²) in [7, 11) is -2.14. The Balaban J connectivity index is 2.29. The van der Waals surface area contributed by atoms with Gasteiger partial charge in [-0.25, -0.2) is 13.4 Å². The van der Waals surface area contributed by atoms with E-state index in [0.29, 0.717) is 24.3 Å². The van der Waals surface area contributed by atoms with Gasteiger partial charge < -0.3 is 5.32 Å². The summed E-state index contributed by atoms with van der Waals surface area (Å²) in [6.45, 7) is 6.01. The molecule has 142 valence electrons. The molecule has 0 unspecified atom stereocenters. The van der Waals surface area contributed by atoms with E-state index in [0.717, 1.165) is 5.01 Å². The quantitative estimate of drug-likeness (QED) is 0.810. The topological polar surface area (TPSA) is 99.2 Å². The van der Waals surface area contributed by atoms with Gasteiger partial charge in [-0.3, -0.25) is 9.59 Å². The molecule has 0 radical (unpaired) electrons. The summed E-state index contributed by atoms with van der Waals surface area (Å²) in [5.41, 5.74) is 1.21. The van der Waals surface area contributed by atoms with Crippen molar-refractivity contribution in [1.82, 2.24) is 9.31 Å². The number of aryl methyl sites for hydroxylation is 1. The third-order valence-corrected chi connectivity index (χ3v) is 6.43. The van der Waals surface area contributed by atoms with Crippen molar-refractivity contribution in [1.29, 1.82) is 0 Å². The molecule has 26 heavy (non-hydrogen) atoms. The van der Waals surface area contributed by atoms with Gasteiger partial charge in [-0.1, -0.05) is 19.9 Å². The maximum absolute atomic E-state index is 12.8. The molecule has 0 bridgehead atoms. The number of benzene rings is 1. The Labute approximate surface area is 153 Å². The predicted molar refractivity (Wildman–Crippen MR) is 99.4 cm³/mol. The van der Waals surface area contributed by atoms with Crippen molar-refractivity contribution < 1.29 is 18.0 Å². The van der Waals surface area contributed by atoms with Gasteiger partial charge in [0.05, 0.1) is 4.90 Å². The van der Waals surface area contributed by atoms with Crippen LogP contribution in [0, 0.1) is 6.92 Å². The maximum atomic E-state index is 12.8. The van der Waals surface area contributed by atoms with Gasteiger partial charge in [0.25, 0.3) is 5.91 Å². The van der Waals surface area contributed by atoms with E-state index in [-0.39, 0.29) is 29.4 Å². The number of hydrazone groups is 1. The molecule has 0 spiro atoms. The van der Waals surface area contributed by atoms with Crippen molar-refractivity contribution in [2.75, 3.05) is 25.5 Å². The molecule has 2 amide bonds. The second kappa shape index (κ2) is 7.96. The molecule has 1 aromatic rings. The van der Waals surface area contributed by atoms with Gasteiger partial charge in [0.1, 0.15) is 5.71 Å². The van der Waals surface area contributed by atoms with Crippen LogP contribution < -0.4 is 5.32 Å². The van der Waals surface area contributed by atoms with Crippen LogP contribution in [0.25, 0.3) is 0 Å². The number of sulfonamides is 1. The Hall–Kier alpha value is -2.26. The average Bonchev–Trinajstić information content (AvgIpc) is 2.59. The summed E-state index contributed by atoms with van der Waals surface area (Å²) in [5.74, 6) is -0.594. The number of nitrogens with one attached hydrogen (secondary N) is 1. The minimum absolute atomic E-state index is 0.149. The van der Waals surface area contributed by atoms with Crippen LogP contribution in [0.15, 0.2) is 28.2 Å². The van der Waals surface area contributed by atoms with Crippen LogP contribution >= 0.6 is 0 Å². The van der Waals surface area contributed by atoms with Crippen molar-refractivity contribution in [3.8, 4) is 0 Å². The average molecular weight is 380 g/mol. The lowest BCUT2D eigenvalue weighted by Gasteiger charge is -2.21. The van der Waals surface area contributed by atoms with E-state index < -0.39 is 15.9 Å². The highest BCUT2D eigenvalue weighted by Gasteiger charge is 2.25. The second-order valence-corrected chi connectivity index (χ2v) is 7.89. The fourth-order valence-corrected chi connectivity index (χ4v) is 4.40. The lowest BCUT2D eigenvalue weighted by molar-refractivity contribution is -0.130. The minimum Gasteiger partial charge on any atom is -0.321 e. The van der Waals surface area contributed by atoms with E-state index in [4.69, 9.17) is 0 Å². The molecule has 0 aromatic heterocycles. The number of anilines is 1. The third-order valence-electron chi connectivity index (χ3n) is 4.24. The number of rotatable bonds is 6. The Morgan fingerprint density at radius 2 is 1.92 bits per heavy atom. The molecular formula is C17H24N4O4S. The molecule has 1 aliphatic rings. The van der Waals surface area contributed by atoms with Crippen LogP contribution in [0.5, 0.6) is 0 Å². The first-order valence-corrected chi connectivity index (χ1v) is 9.90. The number of amides is 2. The van der Waals surface area contributed by atoms with Gasteiger partial charge in [0.15, 0.2) is 0 Å². The molecule has 0 saturated heterocycles. The standard InChI is InChI=1S/C17H24N4O4S/c1-5-21(6-2)26(24,25)15-11-13(8-7-12(15)3)18-17(23)14-9-10-16(22)20(4)19-14/h7-8,11H,5-6,9-10H2,1-4H3,(H,18,23). The van der Waals surface area contributed by atoms with Gasteiger partial charge >= 0.3 is 0 Å². The number of hydrogen-bond acceptors (Lipinski definition) is 5. The highest BCUT2D eigenvalue weighted by molar-refractivity contribution is 7.89. The number of carbonyl (C=O) groups excluding carboxylic acids is 2. The van der Waals surface area contributed by atoms with Crippen LogP contribution in [-0.2, 0) is 19.6 Å². The first-order chi connectivity index (χ1) is 12.2. The van der Waals surface area contributed by atoms with Gasteiger partial charge in [0, 0.05) is 38.7 Å². The monoisotopic (exact) mass is 380 g/mol. The first-order valence-electron chi connectivity index (χ1n) is 8.46. The van der Waals surface area contributed by atoms with E-state index in [1.54, 1.807) is 32.9 Å². The Morgan fingerprint density at radius 3 is 2.50 bits per heavy atom. The number of carbonyl (C=O) groups is 2. The molecule has 0 saturated carbocycles. The van der Waals surface area contributed by atoms with Crippen molar-refractivity contribution in [2.45, 2.75) is 38.5 Å². The van der Waals surface area contributed by atoms with E-state index in [1.807, 2.05) is 0 Å².